The molecule has 2 aromatic carbocycles. The highest BCUT2D eigenvalue weighted by Crippen LogP contribution is 2.28. The van der Waals surface area contributed by atoms with Gasteiger partial charge in [-0.15, -0.1) is 11.8 Å². The summed E-state index contributed by atoms with van der Waals surface area (Å²) in [6, 6.07) is 14.1. The zero-order valence-electron chi connectivity index (χ0n) is 11.4. The number of hydrogen-bond donors (Lipinski definition) is 1. The Morgan fingerprint density at radius 1 is 1.20 bits per heavy atom. The van der Waals surface area contributed by atoms with Crippen molar-refractivity contribution >= 4 is 33.4 Å². The summed E-state index contributed by atoms with van der Waals surface area (Å²) in [5.74, 6) is 1.94. The number of thioether (sulfide) groups is 1. The van der Waals surface area contributed by atoms with Gasteiger partial charge in [-0.3, -0.25) is 0 Å². The normalized spacial score (nSPS) is 10.5. The maximum atomic E-state index is 5.96. The number of aryl methyl sites for hydroxylation is 1. The maximum absolute atomic E-state index is 5.96. The molecule has 4 heteroatoms. The van der Waals surface area contributed by atoms with Gasteiger partial charge in [-0.2, -0.15) is 0 Å². The van der Waals surface area contributed by atoms with E-state index in [0.29, 0.717) is 0 Å². The van der Waals surface area contributed by atoms with Crippen molar-refractivity contribution in [2.24, 2.45) is 0 Å². The monoisotopic (exact) mass is 351 g/mol. The maximum Gasteiger partial charge on any atom is 0.119 e. The predicted octanol–water partition coefficient (Wildman–Crippen LogP) is 4.90. The average molecular weight is 352 g/mol. The van der Waals surface area contributed by atoms with Crippen LogP contribution in [0.5, 0.6) is 5.75 Å². The van der Waals surface area contributed by atoms with E-state index in [1.54, 1.807) is 11.8 Å². The lowest BCUT2D eigenvalue weighted by Gasteiger charge is -2.08. The van der Waals surface area contributed by atoms with E-state index < -0.39 is 0 Å². The Kier molecular flexibility index (Phi) is 5.80. The number of anilines is 1. The van der Waals surface area contributed by atoms with Gasteiger partial charge in [0, 0.05) is 20.8 Å². The van der Waals surface area contributed by atoms with Gasteiger partial charge in [-0.05, 0) is 49.2 Å². The van der Waals surface area contributed by atoms with Gasteiger partial charge in [0.1, 0.15) is 5.75 Å². The second kappa shape index (κ2) is 7.60. The van der Waals surface area contributed by atoms with E-state index >= 15 is 0 Å². The first-order valence-electron chi connectivity index (χ1n) is 6.52. The highest BCUT2D eigenvalue weighted by molar-refractivity contribution is 9.10. The van der Waals surface area contributed by atoms with Crippen LogP contribution in [0.3, 0.4) is 0 Å². The smallest absolute Gasteiger partial charge is 0.119 e. The molecule has 0 saturated carbocycles. The van der Waals surface area contributed by atoms with E-state index in [9.17, 15) is 0 Å². The first kappa shape index (κ1) is 15.3. The van der Waals surface area contributed by atoms with Crippen LogP contribution in [0.15, 0.2) is 51.8 Å². The van der Waals surface area contributed by atoms with Crippen LogP contribution in [0, 0.1) is 6.92 Å². The molecule has 0 aliphatic heterocycles. The van der Waals surface area contributed by atoms with Crippen molar-refractivity contribution in [2.45, 2.75) is 18.2 Å². The molecule has 2 aromatic rings. The van der Waals surface area contributed by atoms with Gasteiger partial charge in [-0.1, -0.05) is 28.1 Å². The Balaban J connectivity index is 1.71. The molecule has 0 aliphatic carbocycles. The molecule has 0 heterocycles. The molecule has 0 bridgehead atoms. The van der Waals surface area contributed by atoms with Gasteiger partial charge < -0.3 is 10.5 Å². The number of nitrogen functional groups attached to an aromatic ring is 1. The summed E-state index contributed by atoms with van der Waals surface area (Å²) in [7, 11) is 0. The van der Waals surface area contributed by atoms with Crippen molar-refractivity contribution in [1.82, 2.24) is 0 Å². The van der Waals surface area contributed by atoms with Crippen molar-refractivity contribution in [3.8, 4) is 5.75 Å². The lowest BCUT2D eigenvalue weighted by Crippen LogP contribution is -1.99. The van der Waals surface area contributed by atoms with Crippen molar-refractivity contribution in [2.75, 3.05) is 18.1 Å². The highest BCUT2D eigenvalue weighted by Gasteiger charge is 2.01. The molecule has 106 valence electrons. The van der Waals surface area contributed by atoms with Crippen molar-refractivity contribution in [3.05, 3.63) is 52.5 Å². The van der Waals surface area contributed by atoms with Crippen LogP contribution >= 0.6 is 27.7 Å². The quantitative estimate of drug-likeness (QED) is 0.456. The van der Waals surface area contributed by atoms with E-state index in [1.807, 2.05) is 30.3 Å². The predicted molar refractivity (Wildman–Crippen MR) is 90.6 cm³/mol. The lowest BCUT2D eigenvalue weighted by atomic mass is 10.2. The first-order valence-corrected chi connectivity index (χ1v) is 8.30. The molecule has 2 rings (SSSR count). The summed E-state index contributed by atoms with van der Waals surface area (Å²) < 4.78 is 6.74. The minimum absolute atomic E-state index is 0.729. The van der Waals surface area contributed by atoms with Crippen molar-refractivity contribution < 1.29 is 4.74 Å². The number of rotatable bonds is 6. The summed E-state index contributed by atoms with van der Waals surface area (Å²) in [5.41, 5.74) is 8.01. The standard InChI is InChI=1S/C16H18BrNOS/c1-12-4-2-5-14(10-12)19-8-3-9-20-16-7-6-13(17)11-15(16)18/h2,4-7,10-11H,3,8-9,18H2,1H3. The molecule has 0 fully saturated rings. The number of benzene rings is 2. The number of hydrogen-bond acceptors (Lipinski definition) is 3. The number of ether oxygens (including phenoxy) is 1. The van der Waals surface area contributed by atoms with Gasteiger partial charge in [-0.25, -0.2) is 0 Å². The van der Waals surface area contributed by atoms with Crippen LogP contribution in [0.1, 0.15) is 12.0 Å². The van der Waals surface area contributed by atoms with Crippen LogP contribution in [0.4, 0.5) is 5.69 Å². The fourth-order valence-electron chi connectivity index (χ4n) is 1.79. The zero-order valence-corrected chi connectivity index (χ0v) is 13.8. The fourth-order valence-corrected chi connectivity index (χ4v) is 3.04. The number of nitrogens with two attached hydrogens (primary N) is 1. The second-order valence-corrected chi connectivity index (χ2v) is 6.60. The topological polar surface area (TPSA) is 35.2 Å². The van der Waals surface area contributed by atoms with Gasteiger partial charge >= 0.3 is 0 Å². The molecule has 0 aliphatic rings. The van der Waals surface area contributed by atoms with Gasteiger partial charge in [0.05, 0.1) is 6.61 Å². The zero-order chi connectivity index (χ0) is 14.4. The molecule has 2 nitrogen and oxygen atoms in total. The highest BCUT2D eigenvalue weighted by atomic mass is 79.9. The van der Waals surface area contributed by atoms with Crippen molar-refractivity contribution in [3.63, 3.8) is 0 Å². The third-order valence-corrected chi connectivity index (χ3v) is 4.45. The number of halogens is 1. The van der Waals surface area contributed by atoms with Gasteiger partial charge in [0.15, 0.2) is 0 Å². The van der Waals surface area contributed by atoms with Crippen LogP contribution in [0.25, 0.3) is 0 Å². The molecular weight excluding hydrogens is 334 g/mol. The summed E-state index contributed by atoms with van der Waals surface area (Å²) in [4.78, 5) is 1.13. The Morgan fingerprint density at radius 3 is 2.80 bits per heavy atom. The molecule has 0 atom stereocenters. The lowest BCUT2D eigenvalue weighted by molar-refractivity contribution is 0.318. The van der Waals surface area contributed by atoms with Crippen LogP contribution in [0.2, 0.25) is 0 Å². The largest absolute Gasteiger partial charge is 0.494 e. The molecule has 0 radical (unpaired) electrons. The average Bonchev–Trinajstić information content (AvgIpc) is 2.41. The van der Waals surface area contributed by atoms with Crippen LogP contribution < -0.4 is 10.5 Å². The summed E-state index contributed by atoms with van der Waals surface area (Å²) in [6.45, 7) is 2.80. The Morgan fingerprint density at radius 2 is 2.05 bits per heavy atom. The van der Waals surface area contributed by atoms with E-state index in [-0.39, 0.29) is 0 Å². The third kappa shape index (κ3) is 4.76. The van der Waals surface area contributed by atoms with Gasteiger partial charge in [0.2, 0.25) is 0 Å². The minimum Gasteiger partial charge on any atom is -0.494 e. The fraction of sp³-hybridized carbons (Fsp3) is 0.250. The molecule has 0 spiro atoms. The molecular formula is C16H18BrNOS. The molecule has 0 aromatic heterocycles. The molecule has 20 heavy (non-hydrogen) atoms. The van der Waals surface area contributed by atoms with Crippen LogP contribution in [-0.2, 0) is 0 Å². The van der Waals surface area contributed by atoms with E-state index in [2.05, 4.69) is 35.0 Å². The van der Waals surface area contributed by atoms with Gasteiger partial charge in [0.25, 0.3) is 0 Å². The molecule has 0 unspecified atom stereocenters. The molecule has 0 saturated heterocycles. The third-order valence-electron chi connectivity index (χ3n) is 2.78. The molecule has 0 amide bonds. The first-order chi connectivity index (χ1) is 9.65. The molecule has 2 N–H and O–H groups in total. The van der Waals surface area contributed by atoms with Crippen molar-refractivity contribution in [1.29, 1.82) is 0 Å². The minimum atomic E-state index is 0.729. The van der Waals surface area contributed by atoms with E-state index in [1.165, 1.54) is 5.56 Å². The Hall–Kier alpha value is -1.13. The Labute approximate surface area is 132 Å². The summed E-state index contributed by atoms with van der Waals surface area (Å²) in [6.07, 6.45) is 0.994. The second-order valence-electron chi connectivity index (χ2n) is 4.55. The summed E-state index contributed by atoms with van der Waals surface area (Å²) in [5, 5.41) is 0. The summed E-state index contributed by atoms with van der Waals surface area (Å²) >= 11 is 5.18. The van der Waals surface area contributed by atoms with Crippen LogP contribution in [-0.4, -0.2) is 12.4 Å². The Bertz CT molecular complexity index is 574. The van der Waals surface area contributed by atoms with E-state index in [4.69, 9.17) is 10.5 Å². The SMILES string of the molecule is Cc1cccc(OCCCSc2ccc(Br)cc2N)c1. The van der Waals surface area contributed by atoms with E-state index in [0.717, 1.165) is 39.6 Å².